The molecule has 0 spiro atoms. The molecule has 2 heterocycles. The van der Waals surface area contributed by atoms with Gasteiger partial charge in [-0.2, -0.15) is 0 Å². The highest BCUT2D eigenvalue weighted by atomic mass is 35.5. The zero-order valence-corrected chi connectivity index (χ0v) is 13.4. The molecule has 5 nitrogen and oxygen atoms in total. The van der Waals surface area contributed by atoms with Gasteiger partial charge in [0.05, 0.1) is 6.61 Å². The predicted molar refractivity (Wildman–Crippen MR) is 85.8 cm³/mol. The van der Waals surface area contributed by atoms with Gasteiger partial charge in [0.2, 0.25) is 5.88 Å². The molecule has 0 radical (unpaired) electrons. The first-order chi connectivity index (χ1) is 11.1. The molecule has 3 rings (SSSR count). The smallest absolute Gasteiger partial charge is 0.215 e. The van der Waals surface area contributed by atoms with E-state index in [2.05, 4.69) is 15.2 Å². The Morgan fingerprint density at radius 3 is 2.74 bits per heavy atom. The van der Waals surface area contributed by atoms with Crippen molar-refractivity contribution in [2.45, 2.75) is 6.92 Å². The summed E-state index contributed by atoms with van der Waals surface area (Å²) in [6, 6.07) is 7.97. The fourth-order valence-electron chi connectivity index (χ4n) is 2.33. The molecule has 0 fully saturated rings. The molecule has 7 heteroatoms. The van der Waals surface area contributed by atoms with Gasteiger partial charge >= 0.3 is 0 Å². The number of hydrogen-bond donors (Lipinski definition) is 0. The summed E-state index contributed by atoms with van der Waals surface area (Å²) in [6.45, 7) is 2.34. The number of ether oxygens (including phenoxy) is 1. The summed E-state index contributed by atoms with van der Waals surface area (Å²) in [7, 11) is 1.80. The van der Waals surface area contributed by atoms with Crippen LogP contribution in [0.3, 0.4) is 0 Å². The van der Waals surface area contributed by atoms with Crippen LogP contribution in [-0.4, -0.2) is 26.4 Å². The molecule has 0 saturated heterocycles. The summed E-state index contributed by atoms with van der Waals surface area (Å²) < 4.78 is 20.9. The molecule has 23 heavy (non-hydrogen) atoms. The van der Waals surface area contributed by atoms with Crippen molar-refractivity contribution in [1.82, 2.24) is 19.7 Å². The zero-order valence-electron chi connectivity index (χ0n) is 12.6. The van der Waals surface area contributed by atoms with E-state index in [1.165, 1.54) is 12.1 Å². The van der Waals surface area contributed by atoms with E-state index in [1.54, 1.807) is 36.1 Å². The van der Waals surface area contributed by atoms with Crippen molar-refractivity contribution in [2.24, 2.45) is 7.05 Å². The lowest BCUT2D eigenvalue weighted by atomic mass is 9.99. The number of aromatic nitrogens is 4. The maximum absolute atomic E-state index is 13.7. The maximum Gasteiger partial charge on any atom is 0.215 e. The summed E-state index contributed by atoms with van der Waals surface area (Å²) in [5.74, 6) is 0.630. The third-order valence-corrected chi connectivity index (χ3v) is 3.50. The minimum Gasteiger partial charge on any atom is -0.478 e. The summed E-state index contributed by atoms with van der Waals surface area (Å²) in [4.78, 5) is 4.11. The van der Waals surface area contributed by atoms with Gasteiger partial charge < -0.3 is 9.30 Å². The molecule has 0 atom stereocenters. The van der Waals surface area contributed by atoms with Gasteiger partial charge in [0.15, 0.2) is 5.82 Å². The van der Waals surface area contributed by atoms with Gasteiger partial charge in [-0.25, -0.2) is 9.37 Å². The summed E-state index contributed by atoms with van der Waals surface area (Å²) >= 11 is 6.08. The van der Waals surface area contributed by atoms with Crippen LogP contribution in [0.2, 0.25) is 5.15 Å². The van der Waals surface area contributed by atoms with Crippen LogP contribution in [0.15, 0.2) is 36.7 Å². The monoisotopic (exact) mass is 332 g/mol. The Morgan fingerprint density at radius 2 is 2.04 bits per heavy atom. The average Bonchev–Trinajstić information content (AvgIpc) is 2.93. The molecule has 0 unspecified atom stereocenters. The third-order valence-electron chi connectivity index (χ3n) is 3.31. The van der Waals surface area contributed by atoms with Crippen molar-refractivity contribution >= 4 is 11.6 Å². The SMILES string of the molecule is CCOc1cc(-c2ccc(F)cc2-c2nncn2C)cc(Cl)n1. The van der Waals surface area contributed by atoms with E-state index >= 15 is 0 Å². The molecule has 0 N–H and O–H groups in total. The Kier molecular flexibility index (Phi) is 4.25. The predicted octanol–water partition coefficient (Wildman–Crippen LogP) is 3.74. The molecule has 0 aliphatic rings. The van der Waals surface area contributed by atoms with E-state index in [4.69, 9.17) is 16.3 Å². The topological polar surface area (TPSA) is 52.8 Å². The van der Waals surface area contributed by atoms with E-state index < -0.39 is 0 Å². The number of halogens is 2. The van der Waals surface area contributed by atoms with E-state index in [9.17, 15) is 4.39 Å². The lowest BCUT2D eigenvalue weighted by Gasteiger charge is -2.11. The number of hydrogen-bond acceptors (Lipinski definition) is 4. The summed E-state index contributed by atoms with van der Waals surface area (Å²) in [5, 5.41) is 8.22. The quantitative estimate of drug-likeness (QED) is 0.683. The Labute approximate surface area is 137 Å². The molecule has 0 saturated carbocycles. The minimum atomic E-state index is -0.350. The van der Waals surface area contributed by atoms with Crippen LogP contribution >= 0.6 is 11.6 Å². The molecule has 3 aromatic rings. The standard InChI is InChI=1S/C16H14ClFN4O/c1-3-23-15-7-10(6-14(17)20-15)12-5-4-11(18)8-13(12)16-21-19-9-22(16)2/h4-9H,3H2,1-2H3. The van der Waals surface area contributed by atoms with E-state index in [-0.39, 0.29) is 5.82 Å². The van der Waals surface area contributed by atoms with Gasteiger partial charge in [-0.15, -0.1) is 10.2 Å². The van der Waals surface area contributed by atoms with E-state index in [1.807, 2.05) is 6.92 Å². The van der Waals surface area contributed by atoms with Crippen LogP contribution in [0.1, 0.15) is 6.92 Å². The highest BCUT2D eigenvalue weighted by Crippen LogP contribution is 2.34. The average molecular weight is 333 g/mol. The lowest BCUT2D eigenvalue weighted by molar-refractivity contribution is 0.327. The zero-order chi connectivity index (χ0) is 16.4. The lowest BCUT2D eigenvalue weighted by Crippen LogP contribution is -1.97. The van der Waals surface area contributed by atoms with Crippen LogP contribution < -0.4 is 4.74 Å². The van der Waals surface area contributed by atoms with Gasteiger partial charge in [0.25, 0.3) is 0 Å². The first-order valence-electron chi connectivity index (χ1n) is 7.03. The fourth-order valence-corrected chi connectivity index (χ4v) is 2.53. The van der Waals surface area contributed by atoms with Crippen molar-refractivity contribution in [2.75, 3.05) is 6.61 Å². The van der Waals surface area contributed by atoms with Gasteiger partial charge in [0, 0.05) is 18.7 Å². The number of pyridine rings is 1. The van der Waals surface area contributed by atoms with Gasteiger partial charge in [-0.1, -0.05) is 17.7 Å². The third kappa shape index (κ3) is 3.17. The van der Waals surface area contributed by atoms with Gasteiger partial charge in [-0.05, 0) is 36.2 Å². The normalized spacial score (nSPS) is 10.8. The number of benzene rings is 1. The van der Waals surface area contributed by atoms with Crippen molar-refractivity contribution in [3.8, 4) is 28.4 Å². The number of rotatable bonds is 4. The van der Waals surface area contributed by atoms with Crippen molar-refractivity contribution < 1.29 is 9.13 Å². The molecule has 0 bridgehead atoms. The van der Waals surface area contributed by atoms with Crippen molar-refractivity contribution in [1.29, 1.82) is 0 Å². The molecule has 0 aliphatic heterocycles. The fraction of sp³-hybridized carbons (Fsp3) is 0.188. The van der Waals surface area contributed by atoms with E-state index in [0.717, 1.165) is 11.1 Å². The number of aryl methyl sites for hydroxylation is 1. The van der Waals surface area contributed by atoms with Gasteiger partial charge in [0.1, 0.15) is 17.3 Å². The van der Waals surface area contributed by atoms with Crippen molar-refractivity contribution in [3.63, 3.8) is 0 Å². The number of nitrogens with zero attached hydrogens (tertiary/aromatic N) is 4. The maximum atomic E-state index is 13.7. The first kappa shape index (κ1) is 15.4. The molecule has 118 valence electrons. The second kappa shape index (κ2) is 6.34. The highest BCUT2D eigenvalue weighted by Gasteiger charge is 2.15. The molecule has 0 amide bonds. The molecular weight excluding hydrogens is 319 g/mol. The molecular formula is C16H14ClFN4O. The Morgan fingerprint density at radius 1 is 1.22 bits per heavy atom. The minimum absolute atomic E-state index is 0.305. The summed E-state index contributed by atoms with van der Waals surface area (Å²) in [6.07, 6.45) is 1.56. The molecule has 2 aromatic heterocycles. The van der Waals surface area contributed by atoms with Crippen LogP contribution in [0, 0.1) is 5.82 Å². The highest BCUT2D eigenvalue weighted by molar-refractivity contribution is 6.29. The second-order valence-electron chi connectivity index (χ2n) is 4.91. The largest absolute Gasteiger partial charge is 0.478 e. The Hall–Kier alpha value is -2.47. The Bertz CT molecular complexity index is 850. The van der Waals surface area contributed by atoms with E-state index in [0.29, 0.717) is 29.0 Å². The van der Waals surface area contributed by atoms with Crippen LogP contribution in [-0.2, 0) is 7.05 Å². The molecule has 0 aliphatic carbocycles. The van der Waals surface area contributed by atoms with Crippen molar-refractivity contribution in [3.05, 3.63) is 47.6 Å². The second-order valence-corrected chi connectivity index (χ2v) is 5.29. The van der Waals surface area contributed by atoms with Crippen LogP contribution in [0.5, 0.6) is 5.88 Å². The first-order valence-corrected chi connectivity index (χ1v) is 7.41. The van der Waals surface area contributed by atoms with Gasteiger partial charge in [-0.3, -0.25) is 0 Å². The van der Waals surface area contributed by atoms with Crippen LogP contribution in [0.4, 0.5) is 4.39 Å². The van der Waals surface area contributed by atoms with Crippen LogP contribution in [0.25, 0.3) is 22.5 Å². The molecule has 1 aromatic carbocycles. The Balaban J connectivity index is 2.19. The summed E-state index contributed by atoms with van der Waals surface area (Å²) in [5.41, 5.74) is 2.16.